The number of aliphatic hydroxyl groups excluding tert-OH is 2. The molecule has 0 aromatic heterocycles. The molecule has 1 aliphatic heterocycles. The molecule has 1 saturated heterocycles. The lowest BCUT2D eigenvalue weighted by molar-refractivity contribution is 0.0499. The third-order valence-electron chi connectivity index (χ3n) is 3.66. The fourth-order valence-corrected chi connectivity index (χ4v) is 2.33. The van der Waals surface area contributed by atoms with Crippen LogP contribution in [-0.2, 0) is 0 Å². The quantitative estimate of drug-likeness (QED) is 0.589. The van der Waals surface area contributed by atoms with Crippen LogP contribution in [0.4, 0.5) is 0 Å². The minimum atomic E-state index is -0.573. The van der Waals surface area contributed by atoms with Gasteiger partial charge in [0.15, 0.2) is 0 Å². The molecular weight excluding hydrogens is 204 g/mol. The lowest BCUT2D eigenvalue weighted by atomic mass is 10.0. The monoisotopic (exact) mass is 228 g/mol. The van der Waals surface area contributed by atoms with Crippen molar-refractivity contribution in [2.24, 2.45) is 5.92 Å². The molecule has 1 saturated carbocycles. The maximum absolute atomic E-state index is 9.35. The van der Waals surface area contributed by atoms with E-state index in [0.717, 1.165) is 19.0 Å². The molecule has 94 valence electrons. The van der Waals surface area contributed by atoms with Crippen molar-refractivity contribution in [2.45, 2.75) is 37.8 Å². The van der Waals surface area contributed by atoms with Crippen LogP contribution in [0.3, 0.4) is 0 Å². The summed E-state index contributed by atoms with van der Waals surface area (Å²) in [6, 6.07) is 0.670. The van der Waals surface area contributed by atoms with Crippen LogP contribution in [0.5, 0.6) is 0 Å². The molecule has 0 amide bonds. The Hall–Kier alpha value is -0.160. The Morgan fingerprint density at radius 2 is 1.88 bits per heavy atom. The highest BCUT2D eigenvalue weighted by Crippen LogP contribution is 2.28. The molecule has 0 spiro atoms. The summed E-state index contributed by atoms with van der Waals surface area (Å²) < 4.78 is 0. The maximum Gasteiger partial charge on any atom is 0.0897 e. The highest BCUT2D eigenvalue weighted by atomic mass is 16.3. The Bertz CT molecular complexity index is 201. The summed E-state index contributed by atoms with van der Waals surface area (Å²) in [6.07, 6.45) is 4.59. The first-order valence-electron chi connectivity index (χ1n) is 6.52. The molecule has 16 heavy (non-hydrogen) atoms. The summed E-state index contributed by atoms with van der Waals surface area (Å²) in [5.74, 6) is 0.953. The lowest BCUT2D eigenvalue weighted by Gasteiger charge is -2.33. The van der Waals surface area contributed by atoms with Crippen LogP contribution in [0, 0.1) is 5.92 Å². The van der Waals surface area contributed by atoms with E-state index in [0.29, 0.717) is 12.6 Å². The Labute approximate surface area is 97.6 Å². The molecule has 4 nitrogen and oxygen atoms in total. The predicted octanol–water partition coefficient (Wildman–Crippen LogP) is -0.196. The third-order valence-corrected chi connectivity index (χ3v) is 3.66. The number of likely N-dealkylation sites (tertiary alicyclic amines) is 1. The van der Waals surface area contributed by atoms with Crippen LogP contribution in [-0.4, -0.2) is 60.0 Å². The molecule has 0 radical (unpaired) electrons. The van der Waals surface area contributed by atoms with Gasteiger partial charge >= 0.3 is 0 Å². The van der Waals surface area contributed by atoms with E-state index in [9.17, 15) is 5.11 Å². The summed E-state index contributed by atoms with van der Waals surface area (Å²) >= 11 is 0. The second-order valence-electron chi connectivity index (χ2n) is 5.26. The molecule has 0 aromatic carbocycles. The number of β-amino-alcohol motifs (C(OH)–C–C–N with tert-alkyl or cyclic N) is 1. The molecule has 1 atom stereocenters. The fourth-order valence-electron chi connectivity index (χ4n) is 2.33. The molecule has 0 aromatic rings. The topological polar surface area (TPSA) is 55.7 Å². The zero-order valence-electron chi connectivity index (χ0n) is 9.94. The maximum atomic E-state index is 9.35. The summed E-state index contributed by atoms with van der Waals surface area (Å²) in [5.41, 5.74) is 0. The van der Waals surface area contributed by atoms with Crippen LogP contribution in [0.15, 0.2) is 0 Å². The third kappa shape index (κ3) is 4.01. The first-order valence-corrected chi connectivity index (χ1v) is 6.52. The number of nitrogens with one attached hydrogen (secondary N) is 1. The molecule has 4 heteroatoms. The van der Waals surface area contributed by atoms with E-state index >= 15 is 0 Å². The van der Waals surface area contributed by atoms with Gasteiger partial charge in [-0.05, 0) is 51.2 Å². The number of aliphatic hydroxyl groups is 2. The van der Waals surface area contributed by atoms with Gasteiger partial charge in [0, 0.05) is 12.6 Å². The summed E-state index contributed by atoms with van der Waals surface area (Å²) in [6.45, 7) is 3.77. The van der Waals surface area contributed by atoms with Gasteiger partial charge in [-0.15, -0.1) is 0 Å². The Kier molecular flexibility index (Phi) is 4.58. The summed E-state index contributed by atoms with van der Waals surface area (Å²) in [4.78, 5) is 2.25. The van der Waals surface area contributed by atoms with Gasteiger partial charge in [-0.3, -0.25) is 0 Å². The van der Waals surface area contributed by atoms with Gasteiger partial charge in [-0.1, -0.05) is 0 Å². The van der Waals surface area contributed by atoms with Crippen LogP contribution in [0.1, 0.15) is 25.7 Å². The van der Waals surface area contributed by atoms with Gasteiger partial charge in [0.1, 0.15) is 0 Å². The number of hydrogen-bond acceptors (Lipinski definition) is 4. The summed E-state index contributed by atoms with van der Waals surface area (Å²) in [5, 5.41) is 21.8. The number of hydrogen-bond donors (Lipinski definition) is 3. The molecule has 2 aliphatic rings. The van der Waals surface area contributed by atoms with Crippen molar-refractivity contribution in [3.8, 4) is 0 Å². The van der Waals surface area contributed by atoms with Gasteiger partial charge in [0.05, 0.1) is 12.7 Å². The van der Waals surface area contributed by atoms with Crippen molar-refractivity contribution in [1.82, 2.24) is 10.2 Å². The van der Waals surface area contributed by atoms with Crippen LogP contribution in [0.2, 0.25) is 0 Å². The Morgan fingerprint density at radius 3 is 2.44 bits per heavy atom. The van der Waals surface area contributed by atoms with Gasteiger partial charge < -0.3 is 20.4 Å². The minimum absolute atomic E-state index is 0.125. The van der Waals surface area contributed by atoms with E-state index < -0.39 is 6.10 Å². The van der Waals surface area contributed by atoms with Crippen molar-refractivity contribution in [3.05, 3.63) is 0 Å². The zero-order chi connectivity index (χ0) is 11.4. The number of piperidine rings is 1. The van der Waals surface area contributed by atoms with E-state index in [2.05, 4.69) is 10.2 Å². The van der Waals surface area contributed by atoms with Crippen molar-refractivity contribution >= 4 is 0 Å². The fraction of sp³-hybridized carbons (Fsp3) is 1.00. The molecule has 2 rings (SSSR count). The van der Waals surface area contributed by atoms with E-state index in [1.165, 1.54) is 32.2 Å². The van der Waals surface area contributed by atoms with Crippen molar-refractivity contribution in [2.75, 3.05) is 32.8 Å². The number of rotatable bonds is 6. The van der Waals surface area contributed by atoms with Gasteiger partial charge in [-0.2, -0.15) is 0 Å². The molecular formula is C12H24N2O2. The number of nitrogens with zero attached hydrogens (tertiary/aromatic N) is 1. The lowest BCUT2D eigenvalue weighted by Crippen LogP contribution is -2.45. The van der Waals surface area contributed by atoms with Crippen LogP contribution < -0.4 is 5.32 Å². The van der Waals surface area contributed by atoms with E-state index in [4.69, 9.17) is 5.11 Å². The Morgan fingerprint density at radius 1 is 1.19 bits per heavy atom. The largest absolute Gasteiger partial charge is 0.394 e. The molecule has 2 fully saturated rings. The SMILES string of the molecule is OCC(O)CN1CCC(NCC2CC2)CC1. The van der Waals surface area contributed by atoms with Crippen LogP contribution >= 0.6 is 0 Å². The Balaban J connectivity index is 1.57. The molecule has 0 bridgehead atoms. The van der Waals surface area contributed by atoms with Crippen molar-refractivity contribution in [3.63, 3.8) is 0 Å². The highest BCUT2D eigenvalue weighted by molar-refractivity contribution is 4.82. The molecule has 1 heterocycles. The predicted molar refractivity (Wildman–Crippen MR) is 63.3 cm³/mol. The van der Waals surface area contributed by atoms with Crippen LogP contribution in [0.25, 0.3) is 0 Å². The second kappa shape index (κ2) is 5.96. The highest BCUT2D eigenvalue weighted by Gasteiger charge is 2.24. The molecule has 1 unspecified atom stereocenters. The molecule has 3 N–H and O–H groups in total. The second-order valence-corrected chi connectivity index (χ2v) is 5.26. The van der Waals surface area contributed by atoms with Crippen molar-refractivity contribution in [1.29, 1.82) is 0 Å². The van der Waals surface area contributed by atoms with Gasteiger partial charge in [0.25, 0.3) is 0 Å². The van der Waals surface area contributed by atoms with Gasteiger partial charge in [-0.25, -0.2) is 0 Å². The zero-order valence-corrected chi connectivity index (χ0v) is 9.94. The minimum Gasteiger partial charge on any atom is -0.394 e. The smallest absolute Gasteiger partial charge is 0.0897 e. The first-order chi connectivity index (χ1) is 7.78. The average molecular weight is 228 g/mol. The first kappa shape index (κ1) is 12.3. The van der Waals surface area contributed by atoms with E-state index in [-0.39, 0.29) is 6.61 Å². The van der Waals surface area contributed by atoms with Gasteiger partial charge in [0.2, 0.25) is 0 Å². The summed E-state index contributed by atoms with van der Waals surface area (Å²) in [7, 11) is 0. The van der Waals surface area contributed by atoms with E-state index in [1.807, 2.05) is 0 Å². The average Bonchev–Trinajstić information content (AvgIpc) is 3.12. The normalized spacial score (nSPS) is 25.9. The van der Waals surface area contributed by atoms with E-state index in [1.54, 1.807) is 0 Å². The van der Waals surface area contributed by atoms with Crippen molar-refractivity contribution < 1.29 is 10.2 Å². The molecule has 1 aliphatic carbocycles. The standard InChI is InChI=1S/C12H24N2O2/c15-9-12(16)8-14-5-3-11(4-6-14)13-7-10-1-2-10/h10-13,15-16H,1-9H2.